The van der Waals surface area contributed by atoms with E-state index < -0.39 is 23.6 Å². The van der Waals surface area contributed by atoms with Gasteiger partial charge in [-0.3, -0.25) is 9.59 Å². The van der Waals surface area contributed by atoms with Gasteiger partial charge in [-0.1, -0.05) is 12.1 Å². The maximum Gasteiger partial charge on any atom is 0.323 e. The molecule has 1 aromatic carbocycles. The zero-order chi connectivity index (χ0) is 15.6. The standard InChI is InChI=1S/C15H18O6/c1-15(2)20-13(16)10(14(17)21-15)8-9-6-5-7-11(18-3)12(9)19-4/h5-7,10H,8H2,1-4H3. The number of rotatable bonds is 4. The van der Waals surface area contributed by atoms with Gasteiger partial charge in [0.2, 0.25) is 0 Å². The van der Waals surface area contributed by atoms with Crippen LogP contribution >= 0.6 is 0 Å². The van der Waals surface area contributed by atoms with Gasteiger partial charge < -0.3 is 18.9 Å². The zero-order valence-electron chi connectivity index (χ0n) is 12.5. The largest absolute Gasteiger partial charge is 0.493 e. The van der Waals surface area contributed by atoms with E-state index in [1.54, 1.807) is 18.2 Å². The van der Waals surface area contributed by atoms with Crippen LogP contribution < -0.4 is 9.47 Å². The molecule has 0 N–H and O–H groups in total. The Hall–Kier alpha value is -2.24. The van der Waals surface area contributed by atoms with E-state index in [1.165, 1.54) is 28.1 Å². The van der Waals surface area contributed by atoms with E-state index in [0.717, 1.165) is 0 Å². The van der Waals surface area contributed by atoms with Crippen LogP contribution in [0.5, 0.6) is 11.5 Å². The maximum atomic E-state index is 12.0. The lowest BCUT2D eigenvalue weighted by atomic mass is 9.97. The molecule has 0 bridgehead atoms. The molecule has 0 amide bonds. The van der Waals surface area contributed by atoms with E-state index >= 15 is 0 Å². The highest BCUT2D eigenvalue weighted by Crippen LogP contribution is 2.34. The first-order chi connectivity index (χ1) is 9.88. The minimum atomic E-state index is -1.22. The summed E-state index contributed by atoms with van der Waals surface area (Å²) in [7, 11) is 3.02. The number of hydrogen-bond acceptors (Lipinski definition) is 6. The summed E-state index contributed by atoms with van der Waals surface area (Å²) in [6, 6.07) is 5.27. The predicted octanol–water partition coefficient (Wildman–Crippen LogP) is 1.70. The quantitative estimate of drug-likeness (QED) is 0.622. The van der Waals surface area contributed by atoms with Gasteiger partial charge in [0.1, 0.15) is 0 Å². The molecule has 114 valence electrons. The van der Waals surface area contributed by atoms with Crippen LogP contribution in [0, 0.1) is 5.92 Å². The van der Waals surface area contributed by atoms with Crippen LogP contribution in [-0.2, 0) is 25.5 Å². The summed E-state index contributed by atoms with van der Waals surface area (Å²) in [5.41, 5.74) is 0.676. The first-order valence-electron chi connectivity index (χ1n) is 6.53. The molecule has 6 heteroatoms. The number of carbonyl (C=O) groups is 2. The van der Waals surface area contributed by atoms with Gasteiger partial charge >= 0.3 is 11.9 Å². The molecule has 0 saturated carbocycles. The van der Waals surface area contributed by atoms with Gasteiger partial charge in [0.05, 0.1) is 14.2 Å². The highest BCUT2D eigenvalue weighted by Gasteiger charge is 2.43. The lowest BCUT2D eigenvalue weighted by Gasteiger charge is -2.33. The molecule has 2 rings (SSSR count). The Labute approximate surface area is 122 Å². The van der Waals surface area contributed by atoms with Crippen molar-refractivity contribution in [1.82, 2.24) is 0 Å². The van der Waals surface area contributed by atoms with E-state index in [4.69, 9.17) is 18.9 Å². The normalized spacial score (nSPS) is 17.9. The Balaban J connectivity index is 2.26. The Kier molecular flexibility index (Phi) is 4.06. The molecule has 0 atom stereocenters. The molecule has 0 aromatic heterocycles. The van der Waals surface area contributed by atoms with Crippen molar-refractivity contribution in [3.8, 4) is 11.5 Å². The fourth-order valence-electron chi connectivity index (χ4n) is 2.24. The Bertz CT molecular complexity index is 543. The first kappa shape index (κ1) is 15.2. The second-order valence-corrected chi connectivity index (χ2v) is 5.15. The molecule has 21 heavy (non-hydrogen) atoms. The van der Waals surface area contributed by atoms with Gasteiger partial charge in [0.15, 0.2) is 17.4 Å². The van der Waals surface area contributed by atoms with Crippen molar-refractivity contribution in [1.29, 1.82) is 0 Å². The van der Waals surface area contributed by atoms with Crippen LogP contribution in [0.25, 0.3) is 0 Å². The van der Waals surface area contributed by atoms with Crippen molar-refractivity contribution in [3.05, 3.63) is 23.8 Å². The summed E-state index contributed by atoms with van der Waals surface area (Å²) in [5, 5.41) is 0. The number of methoxy groups -OCH3 is 2. The Morgan fingerprint density at radius 1 is 1.10 bits per heavy atom. The van der Waals surface area contributed by atoms with Gasteiger partial charge in [0, 0.05) is 20.3 Å². The van der Waals surface area contributed by atoms with Crippen molar-refractivity contribution in [3.63, 3.8) is 0 Å². The molecule has 0 spiro atoms. The maximum absolute atomic E-state index is 12.0. The number of benzene rings is 1. The van der Waals surface area contributed by atoms with Crippen LogP contribution in [0.3, 0.4) is 0 Å². The number of para-hydroxylation sites is 1. The van der Waals surface area contributed by atoms with Crippen molar-refractivity contribution < 1.29 is 28.5 Å². The average Bonchev–Trinajstić information content (AvgIpc) is 2.41. The van der Waals surface area contributed by atoms with Crippen molar-refractivity contribution in [2.75, 3.05) is 14.2 Å². The number of cyclic esters (lactones) is 2. The third-order valence-corrected chi connectivity index (χ3v) is 3.17. The molecule has 1 aliphatic rings. The number of hydrogen-bond donors (Lipinski definition) is 0. The van der Waals surface area contributed by atoms with E-state index in [9.17, 15) is 9.59 Å². The van der Waals surface area contributed by atoms with E-state index in [-0.39, 0.29) is 6.42 Å². The van der Waals surface area contributed by atoms with Crippen LogP contribution in [0.15, 0.2) is 18.2 Å². The van der Waals surface area contributed by atoms with Crippen LogP contribution in [0.2, 0.25) is 0 Å². The molecular weight excluding hydrogens is 276 g/mol. The fourth-order valence-corrected chi connectivity index (χ4v) is 2.24. The third kappa shape index (κ3) is 3.09. The minimum absolute atomic E-state index is 0.133. The smallest absolute Gasteiger partial charge is 0.323 e. The summed E-state index contributed by atoms with van der Waals surface area (Å²) in [6.07, 6.45) is 0.133. The highest BCUT2D eigenvalue weighted by molar-refractivity contribution is 5.97. The Morgan fingerprint density at radius 3 is 2.24 bits per heavy atom. The summed E-state index contributed by atoms with van der Waals surface area (Å²) >= 11 is 0. The van der Waals surface area contributed by atoms with Gasteiger partial charge in [-0.05, 0) is 11.6 Å². The number of ether oxygens (including phenoxy) is 4. The number of esters is 2. The van der Waals surface area contributed by atoms with Crippen molar-refractivity contribution in [2.24, 2.45) is 5.92 Å². The van der Waals surface area contributed by atoms with E-state index in [2.05, 4.69) is 0 Å². The summed E-state index contributed by atoms with van der Waals surface area (Å²) in [4.78, 5) is 24.0. The molecule has 0 unspecified atom stereocenters. The van der Waals surface area contributed by atoms with Gasteiger partial charge in [-0.15, -0.1) is 0 Å². The highest BCUT2D eigenvalue weighted by atomic mass is 16.7. The van der Waals surface area contributed by atoms with E-state index in [1.807, 2.05) is 0 Å². The molecule has 1 aromatic rings. The molecule has 0 aliphatic carbocycles. The third-order valence-electron chi connectivity index (χ3n) is 3.17. The minimum Gasteiger partial charge on any atom is -0.493 e. The predicted molar refractivity (Wildman–Crippen MR) is 73.0 cm³/mol. The molecule has 0 radical (unpaired) electrons. The molecule has 1 fully saturated rings. The summed E-state index contributed by atoms with van der Waals surface area (Å²) in [5.74, 6) is -2.39. The lowest BCUT2D eigenvalue weighted by Crippen LogP contribution is -2.47. The topological polar surface area (TPSA) is 71.1 Å². The monoisotopic (exact) mass is 294 g/mol. The molecule has 6 nitrogen and oxygen atoms in total. The zero-order valence-corrected chi connectivity index (χ0v) is 12.5. The molecular formula is C15H18O6. The van der Waals surface area contributed by atoms with Crippen molar-refractivity contribution in [2.45, 2.75) is 26.1 Å². The molecule has 1 aliphatic heterocycles. The van der Waals surface area contributed by atoms with Gasteiger partial charge in [-0.25, -0.2) is 0 Å². The lowest BCUT2D eigenvalue weighted by molar-refractivity contribution is -0.239. The second-order valence-electron chi connectivity index (χ2n) is 5.15. The second kappa shape index (κ2) is 5.63. The average molecular weight is 294 g/mol. The molecule has 1 heterocycles. The first-order valence-corrected chi connectivity index (χ1v) is 6.53. The Morgan fingerprint density at radius 2 is 1.71 bits per heavy atom. The van der Waals surface area contributed by atoms with Gasteiger partial charge in [-0.2, -0.15) is 0 Å². The van der Waals surface area contributed by atoms with E-state index in [0.29, 0.717) is 17.1 Å². The van der Waals surface area contributed by atoms with Crippen molar-refractivity contribution >= 4 is 11.9 Å². The fraction of sp³-hybridized carbons (Fsp3) is 0.467. The van der Waals surface area contributed by atoms with Crippen LogP contribution in [0.4, 0.5) is 0 Å². The summed E-state index contributed by atoms with van der Waals surface area (Å²) in [6.45, 7) is 3.04. The number of carbonyl (C=O) groups excluding carboxylic acids is 2. The van der Waals surface area contributed by atoms with Crippen LogP contribution in [-0.4, -0.2) is 31.9 Å². The summed E-state index contributed by atoms with van der Waals surface area (Å²) < 4.78 is 20.7. The SMILES string of the molecule is COc1cccc(CC2C(=O)OC(C)(C)OC2=O)c1OC. The van der Waals surface area contributed by atoms with Crippen LogP contribution in [0.1, 0.15) is 19.4 Å². The van der Waals surface area contributed by atoms with Gasteiger partial charge in [0.25, 0.3) is 5.79 Å². The molecule has 1 saturated heterocycles.